The number of benzene rings is 2. The van der Waals surface area contributed by atoms with Gasteiger partial charge in [-0.1, -0.05) is 49.7 Å². The Hall–Kier alpha value is -2.38. The number of carbonyl (C=O) groups is 1. The van der Waals surface area contributed by atoms with Gasteiger partial charge in [0.25, 0.3) is 10.0 Å². The Kier molecular flexibility index (Phi) is 5.76. The molecule has 1 amide bonds. The van der Waals surface area contributed by atoms with Gasteiger partial charge in [0.1, 0.15) is 10.7 Å². The fraction of sp³-hybridized carbons (Fsp3) is 0.300. The maximum Gasteiger partial charge on any atom is 0.286 e. The summed E-state index contributed by atoms with van der Waals surface area (Å²) in [7, 11) is -3.73. The average molecular weight is 420 g/mol. The summed E-state index contributed by atoms with van der Waals surface area (Å²) in [6, 6.07) is 13.9. The molecule has 3 rings (SSSR count). The number of carbonyl (C=O) groups excluding carboxylic acids is 1. The van der Waals surface area contributed by atoms with E-state index in [9.17, 15) is 13.2 Å². The second kappa shape index (κ2) is 7.93. The Morgan fingerprint density at radius 3 is 2.54 bits per heavy atom. The number of rotatable bonds is 6. The van der Waals surface area contributed by atoms with Gasteiger partial charge in [-0.3, -0.25) is 4.79 Å². The third kappa shape index (κ3) is 5.11. The van der Waals surface area contributed by atoms with E-state index in [1.165, 1.54) is 6.07 Å². The number of hydrogen-bond donors (Lipinski definition) is 2. The largest absolute Gasteiger partial charge is 0.352 e. The van der Waals surface area contributed by atoms with Crippen molar-refractivity contribution in [3.8, 4) is 0 Å². The third-order valence-corrected chi connectivity index (χ3v) is 5.99. The molecule has 1 heterocycles. The van der Waals surface area contributed by atoms with Crippen molar-refractivity contribution in [3.05, 3.63) is 59.1 Å². The number of hydrogen-bond acceptors (Lipinski definition) is 4. The minimum Gasteiger partial charge on any atom is -0.352 e. The Morgan fingerprint density at radius 1 is 1.14 bits per heavy atom. The maximum absolute atomic E-state index is 12.4. The van der Waals surface area contributed by atoms with E-state index >= 15 is 0 Å². The highest BCUT2D eigenvalue weighted by Gasteiger charge is 2.29. The molecule has 0 saturated carbocycles. The first kappa shape index (κ1) is 20.4. The van der Waals surface area contributed by atoms with Crippen molar-refractivity contribution < 1.29 is 13.2 Å². The fourth-order valence-electron chi connectivity index (χ4n) is 3.06. The topological polar surface area (TPSA) is 87.6 Å². The molecule has 0 atom stereocenters. The van der Waals surface area contributed by atoms with E-state index in [4.69, 9.17) is 11.6 Å². The molecule has 2 aromatic carbocycles. The highest BCUT2D eigenvalue weighted by atomic mass is 35.5. The average Bonchev–Trinajstić information content (AvgIpc) is 2.60. The number of amides is 1. The molecule has 1 aliphatic rings. The SMILES string of the molecule is CC(C)(CC(=O)NCc1ccc(Cl)cc1)CC1=NS(=O)(=O)c2ccccc2N1. The zero-order chi connectivity index (χ0) is 20.4. The lowest BCUT2D eigenvalue weighted by Gasteiger charge is -2.27. The van der Waals surface area contributed by atoms with Crippen molar-refractivity contribution >= 4 is 39.1 Å². The van der Waals surface area contributed by atoms with E-state index in [2.05, 4.69) is 15.0 Å². The number of sulfonamides is 1. The molecular formula is C20H22ClN3O3S. The molecule has 0 aromatic heterocycles. The molecule has 0 aliphatic carbocycles. The number of nitrogens with zero attached hydrogens (tertiary/aromatic N) is 1. The highest BCUT2D eigenvalue weighted by Crippen LogP contribution is 2.32. The second-order valence-electron chi connectivity index (χ2n) is 7.56. The van der Waals surface area contributed by atoms with Crippen LogP contribution in [0.5, 0.6) is 0 Å². The molecule has 0 fully saturated rings. The molecule has 28 heavy (non-hydrogen) atoms. The smallest absolute Gasteiger partial charge is 0.286 e. The molecule has 0 unspecified atom stereocenters. The maximum atomic E-state index is 12.4. The number of halogens is 1. The Labute approximate surface area is 170 Å². The predicted molar refractivity (Wildman–Crippen MR) is 111 cm³/mol. The van der Waals surface area contributed by atoms with Gasteiger partial charge in [0.05, 0.1) is 5.69 Å². The van der Waals surface area contributed by atoms with Crippen LogP contribution in [0.3, 0.4) is 0 Å². The molecular weight excluding hydrogens is 398 g/mol. The molecule has 6 nitrogen and oxygen atoms in total. The number of amidine groups is 1. The first-order valence-corrected chi connectivity index (χ1v) is 10.7. The van der Waals surface area contributed by atoms with Crippen LogP contribution < -0.4 is 10.6 Å². The van der Waals surface area contributed by atoms with Crippen LogP contribution in [0.2, 0.25) is 5.02 Å². The lowest BCUT2D eigenvalue weighted by molar-refractivity contribution is -0.123. The van der Waals surface area contributed by atoms with Crippen LogP contribution in [0.4, 0.5) is 5.69 Å². The van der Waals surface area contributed by atoms with Crippen molar-refractivity contribution in [3.63, 3.8) is 0 Å². The first-order valence-electron chi connectivity index (χ1n) is 8.86. The molecule has 148 valence electrons. The van der Waals surface area contributed by atoms with Gasteiger partial charge >= 0.3 is 0 Å². The minimum atomic E-state index is -3.73. The molecule has 0 spiro atoms. The zero-order valence-electron chi connectivity index (χ0n) is 15.7. The normalized spacial score (nSPS) is 15.2. The number of nitrogens with one attached hydrogen (secondary N) is 2. The summed E-state index contributed by atoms with van der Waals surface area (Å²) in [6.07, 6.45) is 0.567. The molecule has 0 bridgehead atoms. The summed E-state index contributed by atoms with van der Waals surface area (Å²) in [5.74, 6) is 0.230. The number of anilines is 1. The van der Waals surface area contributed by atoms with Crippen molar-refractivity contribution in [1.29, 1.82) is 0 Å². The summed E-state index contributed by atoms with van der Waals surface area (Å²) < 4.78 is 28.6. The van der Waals surface area contributed by atoms with Gasteiger partial charge in [-0.05, 0) is 35.2 Å². The van der Waals surface area contributed by atoms with Crippen LogP contribution in [0, 0.1) is 5.41 Å². The van der Waals surface area contributed by atoms with Crippen molar-refractivity contribution in [2.45, 2.75) is 38.1 Å². The minimum absolute atomic E-state index is 0.111. The summed E-state index contributed by atoms with van der Waals surface area (Å²) in [4.78, 5) is 12.5. The molecule has 2 aromatic rings. The van der Waals surface area contributed by atoms with E-state index in [1.54, 1.807) is 30.3 Å². The van der Waals surface area contributed by atoms with Gasteiger partial charge < -0.3 is 10.6 Å². The van der Waals surface area contributed by atoms with E-state index in [0.717, 1.165) is 5.56 Å². The third-order valence-electron chi connectivity index (χ3n) is 4.36. The monoisotopic (exact) mass is 419 g/mol. The molecule has 0 radical (unpaired) electrons. The summed E-state index contributed by atoms with van der Waals surface area (Å²) >= 11 is 5.86. The van der Waals surface area contributed by atoms with Gasteiger partial charge in [-0.15, -0.1) is 4.40 Å². The van der Waals surface area contributed by atoms with Gasteiger partial charge in [-0.2, -0.15) is 8.42 Å². The van der Waals surface area contributed by atoms with Crippen molar-refractivity contribution in [1.82, 2.24) is 5.32 Å². The fourth-order valence-corrected chi connectivity index (χ4v) is 4.33. The summed E-state index contributed by atoms with van der Waals surface area (Å²) in [5.41, 5.74) is 0.990. The first-order chi connectivity index (χ1) is 13.1. The van der Waals surface area contributed by atoms with Crippen LogP contribution in [0.1, 0.15) is 32.3 Å². The molecule has 1 aliphatic heterocycles. The lowest BCUT2D eigenvalue weighted by atomic mass is 9.84. The molecule has 0 saturated heterocycles. The lowest BCUT2D eigenvalue weighted by Crippen LogP contribution is -2.32. The van der Waals surface area contributed by atoms with Crippen LogP contribution in [-0.2, 0) is 21.4 Å². The Bertz CT molecular complexity index is 1020. The Balaban J connectivity index is 1.61. The Morgan fingerprint density at radius 2 is 1.82 bits per heavy atom. The van der Waals surface area contributed by atoms with Crippen molar-refractivity contribution in [2.24, 2.45) is 9.81 Å². The van der Waals surface area contributed by atoms with Gasteiger partial charge in [0.15, 0.2) is 0 Å². The highest BCUT2D eigenvalue weighted by molar-refractivity contribution is 7.90. The standard InChI is InChI=1S/C20H22ClN3O3S/c1-20(2,12-19(25)22-13-14-7-9-15(21)10-8-14)11-18-23-16-5-3-4-6-17(16)28(26,27)24-18/h3-10H,11-13H2,1-2H3,(H,22,25)(H,23,24). The van der Waals surface area contributed by atoms with Crippen LogP contribution >= 0.6 is 11.6 Å². The van der Waals surface area contributed by atoms with Crippen LogP contribution in [-0.4, -0.2) is 20.2 Å². The number of para-hydroxylation sites is 1. The summed E-state index contributed by atoms with van der Waals surface area (Å²) in [5, 5.41) is 6.60. The summed E-state index contributed by atoms with van der Waals surface area (Å²) in [6.45, 7) is 4.23. The number of fused-ring (bicyclic) bond motifs is 1. The van der Waals surface area contributed by atoms with E-state index < -0.39 is 15.4 Å². The predicted octanol–water partition coefficient (Wildman–Crippen LogP) is 3.98. The van der Waals surface area contributed by atoms with E-state index in [-0.39, 0.29) is 17.2 Å². The molecule has 2 N–H and O–H groups in total. The second-order valence-corrected chi connectivity index (χ2v) is 9.56. The van der Waals surface area contributed by atoms with E-state index in [1.807, 2.05) is 26.0 Å². The quantitative estimate of drug-likeness (QED) is 0.741. The van der Waals surface area contributed by atoms with Gasteiger partial charge in [-0.25, -0.2) is 0 Å². The van der Waals surface area contributed by atoms with Crippen LogP contribution in [0.15, 0.2) is 57.8 Å². The van der Waals surface area contributed by atoms with Crippen molar-refractivity contribution in [2.75, 3.05) is 5.32 Å². The van der Waals surface area contributed by atoms with Crippen LogP contribution in [0.25, 0.3) is 0 Å². The molecule has 8 heteroatoms. The van der Waals surface area contributed by atoms with Gasteiger partial charge in [0, 0.05) is 24.4 Å². The zero-order valence-corrected chi connectivity index (χ0v) is 17.3. The van der Waals surface area contributed by atoms with Gasteiger partial charge in [0.2, 0.25) is 5.91 Å². The van der Waals surface area contributed by atoms with E-state index in [0.29, 0.717) is 29.5 Å².